The van der Waals surface area contributed by atoms with Crippen molar-refractivity contribution in [1.82, 2.24) is 9.38 Å². The lowest BCUT2D eigenvalue weighted by molar-refractivity contribution is 0.102. The highest BCUT2D eigenvalue weighted by Crippen LogP contribution is 2.26. The zero-order chi connectivity index (χ0) is 22.1. The highest BCUT2D eigenvalue weighted by atomic mass is 35.5. The number of fused-ring (bicyclic) bond motifs is 1. The maximum Gasteiger partial charge on any atom is 0.274 e. The molecule has 0 aliphatic rings. The lowest BCUT2D eigenvalue weighted by Gasteiger charge is -2.11. The first-order chi connectivity index (χ1) is 14.9. The Bertz CT molecular complexity index is 1280. The van der Waals surface area contributed by atoms with Gasteiger partial charge in [0.05, 0.1) is 11.3 Å². The number of aryl methyl sites for hydroxylation is 1. The molecule has 4 aromatic rings. The second kappa shape index (κ2) is 8.35. The fourth-order valence-electron chi connectivity index (χ4n) is 3.29. The van der Waals surface area contributed by atoms with Gasteiger partial charge in [-0.15, -0.1) is 0 Å². The number of hydrogen-bond donors (Lipinski definition) is 1. The number of hydrogen-bond acceptors (Lipinski definition) is 3. The molecule has 0 fully saturated rings. The Hall–Kier alpha value is -3.45. The Labute approximate surface area is 182 Å². The van der Waals surface area contributed by atoms with Crippen molar-refractivity contribution >= 4 is 28.8 Å². The van der Waals surface area contributed by atoms with Crippen LogP contribution < -0.4 is 10.1 Å². The van der Waals surface area contributed by atoms with E-state index in [1.807, 2.05) is 6.92 Å². The van der Waals surface area contributed by atoms with Crippen molar-refractivity contribution in [3.63, 3.8) is 0 Å². The van der Waals surface area contributed by atoms with Gasteiger partial charge in [0.15, 0.2) is 11.4 Å². The number of ether oxygens (including phenoxy) is 1. The number of rotatable bonds is 5. The van der Waals surface area contributed by atoms with Crippen LogP contribution in [0.25, 0.3) is 5.65 Å². The van der Waals surface area contributed by atoms with Crippen LogP contribution in [-0.2, 0) is 6.61 Å². The lowest BCUT2D eigenvalue weighted by atomic mass is 10.2. The van der Waals surface area contributed by atoms with Gasteiger partial charge in [0, 0.05) is 16.9 Å². The first-order valence-electron chi connectivity index (χ1n) is 9.46. The molecule has 5 nitrogen and oxygen atoms in total. The number of pyridine rings is 1. The van der Waals surface area contributed by atoms with E-state index in [4.69, 9.17) is 16.3 Å². The van der Waals surface area contributed by atoms with Gasteiger partial charge in [-0.25, -0.2) is 13.8 Å². The van der Waals surface area contributed by atoms with Gasteiger partial charge in [-0.1, -0.05) is 23.7 Å². The minimum Gasteiger partial charge on any atom is -0.485 e. The summed E-state index contributed by atoms with van der Waals surface area (Å²) in [6.07, 6.45) is 1.67. The van der Waals surface area contributed by atoms with Crippen LogP contribution in [0.1, 0.15) is 27.3 Å². The Morgan fingerprint density at radius 1 is 1.10 bits per heavy atom. The van der Waals surface area contributed by atoms with E-state index in [0.717, 1.165) is 5.56 Å². The summed E-state index contributed by atoms with van der Waals surface area (Å²) < 4.78 is 35.0. The summed E-state index contributed by atoms with van der Waals surface area (Å²) in [6.45, 7) is 3.20. The van der Waals surface area contributed by atoms with Gasteiger partial charge in [0.1, 0.15) is 23.9 Å². The fraction of sp³-hybridized carbons (Fsp3) is 0.130. The van der Waals surface area contributed by atoms with Gasteiger partial charge in [-0.3, -0.25) is 9.20 Å². The van der Waals surface area contributed by atoms with Crippen LogP contribution in [-0.4, -0.2) is 15.3 Å². The first kappa shape index (κ1) is 20.8. The number of aromatic nitrogens is 2. The summed E-state index contributed by atoms with van der Waals surface area (Å²) in [6, 6.07) is 12.2. The second-order valence-electron chi connectivity index (χ2n) is 6.97. The normalized spacial score (nSPS) is 11.0. The van der Waals surface area contributed by atoms with Gasteiger partial charge >= 0.3 is 0 Å². The quantitative estimate of drug-likeness (QED) is 0.431. The Kier molecular flexibility index (Phi) is 5.61. The lowest BCUT2D eigenvalue weighted by Crippen LogP contribution is -2.16. The van der Waals surface area contributed by atoms with Crippen LogP contribution >= 0.6 is 11.6 Å². The van der Waals surface area contributed by atoms with E-state index in [1.54, 1.807) is 47.9 Å². The molecular weight excluding hydrogens is 424 g/mol. The number of nitrogens with zero attached hydrogens (tertiary/aromatic N) is 2. The number of nitrogens with one attached hydrogen (secondary N) is 1. The molecule has 4 rings (SSSR count). The molecule has 2 heterocycles. The standard InChI is InChI=1S/C23H18ClF2N3O2/c1-13-16(24)6-3-9-19(13)28-23(30)21-14(2)27-22-20(10-5-11-29(21)22)31-12-15-17(25)7-4-8-18(15)26/h3-11H,12H2,1-2H3,(H,28,30). The molecular formula is C23H18ClF2N3O2. The predicted molar refractivity (Wildman–Crippen MR) is 115 cm³/mol. The van der Waals surface area contributed by atoms with Crippen molar-refractivity contribution in [2.75, 3.05) is 5.32 Å². The van der Waals surface area contributed by atoms with Crippen LogP contribution in [0, 0.1) is 25.5 Å². The van der Waals surface area contributed by atoms with E-state index in [-0.39, 0.29) is 18.1 Å². The first-order valence-corrected chi connectivity index (χ1v) is 9.84. The monoisotopic (exact) mass is 441 g/mol. The molecule has 0 radical (unpaired) electrons. The molecule has 0 spiro atoms. The fourth-order valence-corrected chi connectivity index (χ4v) is 3.46. The smallest absolute Gasteiger partial charge is 0.274 e. The van der Waals surface area contributed by atoms with Crippen LogP contribution in [0.3, 0.4) is 0 Å². The van der Waals surface area contributed by atoms with Crippen LogP contribution in [0.4, 0.5) is 14.5 Å². The van der Waals surface area contributed by atoms with Gasteiger partial charge < -0.3 is 10.1 Å². The Morgan fingerprint density at radius 2 is 1.81 bits per heavy atom. The molecule has 0 atom stereocenters. The van der Waals surface area contributed by atoms with E-state index < -0.39 is 11.6 Å². The van der Waals surface area contributed by atoms with Crippen molar-refractivity contribution in [3.05, 3.63) is 93.9 Å². The van der Waals surface area contributed by atoms with Crippen LogP contribution in [0.5, 0.6) is 5.75 Å². The Balaban J connectivity index is 1.65. The number of amides is 1. The third kappa shape index (κ3) is 3.96. The molecule has 1 amide bonds. The molecule has 158 valence electrons. The summed E-state index contributed by atoms with van der Waals surface area (Å²) in [5.41, 5.74) is 2.32. The third-order valence-corrected chi connectivity index (χ3v) is 5.36. The van der Waals surface area contributed by atoms with Crippen molar-refractivity contribution in [2.45, 2.75) is 20.5 Å². The van der Waals surface area contributed by atoms with Crippen LogP contribution in [0.15, 0.2) is 54.7 Å². The van der Waals surface area contributed by atoms with Crippen molar-refractivity contribution in [2.24, 2.45) is 0 Å². The molecule has 2 aromatic heterocycles. The third-order valence-electron chi connectivity index (χ3n) is 4.95. The largest absolute Gasteiger partial charge is 0.485 e. The van der Waals surface area contributed by atoms with Crippen molar-refractivity contribution in [3.8, 4) is 5.75 Å². The number of imidazole rings is 1. The van der Waals surface area contributed by atoms with E-state index in [0.29, 0.717) is 33.5 Å². The summed E-state index contributed by atoms with van der Waals surface area (Å²) in [4.78, 5) is 17.4. The molecule has 0 aliphatic heterocycles. The molecule has 0 bridgehead atoms. The van der Waals surface area contributed by atoms with E-state index >= 15 is 0 Å². The summed E-state index contributed by atoms with van der Waals surface area (Å²) in [5, 5.41) is 3.40. The maximum atomic E-state index is 13.9. The summed E-state index contributed by atoms with van der Waals surface area (Å²) in [7, 11) is 0. The predicted octanol–water partition coefficient (Wildman–Crippen LogP) is 5.71. The SMILES string of the molecule is Cc1nc2c(OCc3c(F)cccc3F)cccn2c1C(=O)Nc1cccc(Cl)c1C. The molecule has 8 heteroatoms. The minimum absolute atomic E-state index is 0.179. The minimum atomic E-state index is -0.691. The van der Waals surface area contributed by atoms with Crippen molar-refractivity contribution in [1.29, 1.82) is 0 Å². The number of carbonyl (C=O) groups excluding carboxylic acids is 1. The zero-order valence-electron chi connectivity index (χ0n) is 16.7. The van der Waals surface area contributed by atoms with Crippen molar-refractivity contribution < 1.29 is 18.3 Å². The average Bonchev–Trinajstić information content (AvgIpc) is 3.07. The maximum absolute atomic E-state index is 13.9. The number of carbonyl (C=O) groups is 1. The number of benzene rings is 2. The highest BCUT2D eigenvalue weighted by molar-refractivity contribution is 6.31. The molecule has 0 saturated heterocycles. The molecule has 0 unspecified atom stereocenters. The van der Waals surface area contributed by atoms with Crippen LogP contribution in [0.2, 0.25) is 5.02 Å². The van der Waals surface area contributed by atoms with E-state index in [2.05, 4.69) is 10.3 Å². The van der Waals surface area contributed by atoms with Gasteiger partial charge in [-0.2, -0.15) is 0 Å². The number of anilines is 1. The Morgan fingerprint density at radius 3 is 2.55 bits per heavy atom. The molecule has 31 heavy (non-hydrogen) atoms. The molecule has 0 aliphatic carbocycles. The van der Waals surface area contributed by atoms with E-state index in [9.17, 15) is 13.6 Å². The second-order valence-corrected chi connectivity index (χ2v) is 7.37. The van der Waals surface area contributed by atoms with Gasteiger partial charge in [0.2, 0.25) is 0 Å². The topological polar surface area (TPSA) is 55.6 Å². The highest BCUT2D eigenvalue weighted by Gasteiger charge is 2.20. The molecule has 2 aromatic carbocycles. The zero-order valence-corrected chi connectivity index (χ0v) is 17.5. The van der Waals surface area contributed by atoms with Gasteiger partial charge in [0.25, 0.3) is 5.91 Å². The molecule has 0 saturated carbocycles. The van der Waals surface area contributed by atoms with Gasteiger partial charge in [-0.05, 0) is 55.8 Å². The number of halogens is 3. The summed E-state index contributed by atoms with van der Waals surface area (Å²) >= 11 is 6.14. The average molecular weight is 442 g/mol. The summed E-state index contributed by atoms with van der Waals surface area (Å²) in [5.74, 6) is -1.45. The molecule has 1 N–H and O–H groups in total. The van der Waals surface area contributed by atoms with E-state index in [1.165, 1.54) is 18.2 Å².